The number of anilines is 3. The van der Waals surface area contributed by atoms with Gasteiger partial charge in [0.2, 0.25) is 5.91 Å². The first-order chi connectivity index (χ1) is 20.8. The second kappa shape index (κ2) is 12.2. The summed E-state index contributed by atoms with van der Waals surface area (Å²) in [5.74, 6) is 0.541. The van der Waals surface area contributed by atoms with Gasteiger partial charge in [0.05, 0.1) is 18.9 Å². The number of aryl methyl sites for hydroxylation is 1. The summed E-state index contributed by atoms with van der Waals surface area (Å²) in [4.78, 5) is 51.7. The molecule has 11 heteroatoms. The summed E-state index contributed by atoms with van der Waals surface area (Å²) in [5, 5.41) is 5.87. The summed E-state index contributed by atoms with van der Waals surface area (Å²) in [6.07, 6.45) is 1.86. The highest BCUT2D eigenvalue weighted by Crippen LogP contribution is 2.38. The van der Waals surface area contributed by atoms with Gasteiger partial charge in [-0.2, -0.15) is 0 Å². The Morgan fingerprint density at radius 1 is 1.00 bits per heavy atom. The lowest BCUT2D eigenvalue weighted by atomic mass is 9.94. The SMILES string of the molecule is Cc1ccc(NC(=O)Nc2cc(C(C)(C)C)sc2C(=O)N2CCN(C)C(=O)C2(C)C)cc1-c1ccc(N2CCOCC2)nc1. The molecule has 0 saturated carbocycles. The molecular weight excluding hydrogens is 576 g/mol. The number of urea groups is 1. The lowest BCUT2D eigenvalue weighted by Crippen LogP contribution is -2.63. The van der Waals surface area contributed by atoms with Crippen LogP contribution in [0.1, 0.15) is 54.7 Å². The average Bonchev–Trinajstić information content (AvgIpc) is 3.41. The molecule has 44 heavy (non-hydrogen) atoms. The third-order valence-corrected chi connectivity index (χ3v) is 9.80. The van der Waals surface area contributed by atoms with Crippen molar-refractivity contribution in [2.75, 3.05) is 62.0 Å². The van der Waals surface area contributed by atoms with E-state index < -0.39 is 11.6 Å². The van der Waals surface area contributed by atoms with E-state index in [0.717, 1.165) is 40.5 Å². The van der Waals surface area contributed by atoms with Crippen LogP contribution in [0.2, 0.25) is 0 Å². The molecule has 0 spiro atoms. The summed E-state index contributed by atoms with van der Waals surface area (Å²) in [5.41, 5.74) is 2.79. The van der Waals surface area contributed by atoms with E-state index in [1.54, 1.807) is 30.7 Å². The highest BCUT2D eigenvalue weighted by Gasteiger charge is 2.44. The monoisotopic (exact) mass is 618 g/mol. The number of pyridine rings is 1. The van der Waals surface area contributed by atoms with E-state index in [0.29, 0.717) is 42.6 Å². The molecule has 0 aliphatic carbocycles. The minimum Gasteiger partial charge on any atom is -0.378 e. The van der Waals surface area contributed by atoms with Crippen molar-refractivity contribution in [3.63, 3.8) is 0 Å². The molecule has 3 aromatic rings. The predicted octanol–water partition coefficient (Wildman–Crippen LogP) is 5.59. The van der Waals surface area contributed by atoms with Gasteiger partial charge in [0, 0.05) is 55.6 Å². The van der Waals surface area contributed by atoms with Crippen molar-refractivity contribution in [1.29, 1.82) is 0 Å². The number of carbonyl (C=O) groups excluding carboxylic acids is 3. The van der Waals surface area contributed by atoms with Gasteiger partial charge >= 0.3 is 6.03 Å². The van der Waals surface area contributed by atoms with E-state index in [1.165, 1.54) is 11.3 Å². The number of likely N-dealkylation sites (N-methyl/N-ethyl adjacent to an activating group) is 1. The van der Waals surface area contributed by atoms with Crippen molar-refractivity contribution in [3.8, 4) is 11.1 Å². The van der Waals surface area contributed by atoms with Gasteiger partial charge in [-0.1, -0.05) is 26.8 Å². The van der Waals surface area contributed by atoms with Gasteiger partial charge in [0.1, 0.15) is 16.2 Å². The molecule has 1 aromatic carbocycles. The number of amides is 4. The number of nitrogens with zero attached hydrogens (tertiary/aromatic N) is 4. The van der Waals surface area contributed by atoms with Crippen LogP contribution >= 0.6 is 11.3 Å². The maximum atomic E-state index is 13.9. The number of piperazine rings is 1. The first kappa shape index (κ1) is 31.5. The summed E-state index contributed by atoms with van der Waals surface area (Å²) in [6.45, 7) is 15.7. The highest BCUT2D eigenvalue weighted by molar-refractivity contribution is 7.14. The van der Waals surface area contributed by atoms with Crippen LogP contribution in [-0.4, -0.2) is 84.6 Å². The zero-order valence-electron chi connectivity index (χ0n) is 26.6. The van der Waals surface area contributed by atoms with E-state index in [4.69, 9.17) is 4.74 Å². The normalized spacial score (nSPS) is 17.1. The van der Waals surface area contributed by atoms with E-state index in [2.05, 4.69) is 41.3 Å². The van der Waals surface area contributed by atoms with Crippen LogP contribution in [0.15, 0.2) is 42.6 Å². The van der Waals surface area contributed by atoms with Crippen molar-refractivity contribution >= 4 is 46.4 Å². The van der Waals surface area contributed by atoms with E-state index >= 15 is 0 Å². The molecule has 2 fully saturated rings. The summed E-state index contributed by atoms with van der Waals surface area (Å²) < 4.78 is 5.45. The van der Waals surface area contributed by atoms with Crippen molar-refractivity contribution in [2.24, 2.45) is 0 Å². The molecule has 2 aliphatic rings. The van der Waals surface area contributed by atoms with Crippen molar-refractivity contribution < 1.29 is 19.1 Å². The van der Waals surface area contributed by atoms with Crippen molar-refractivity contribution in [3.05, 3.63) is 57.9 Å². The Labute approximate surface area is 263 Å². The molecule has 0 unspecified atom stereocenters. The molecule has 2 saturated heterocycles. The van der Waals surface area contributed by atoms with Crippen LogP contribution in [-0.2, 0) is 14.9 Å². The number of rotatable bonds is 5. The van der Waals surface area contributed by atoms with E-state index in [1.807, 2.05) is 49.5 Å². The third-order valence-electron chi connectivity index (χ3n) is 8.25. The van der Waals surface area contributed by atoms with Gasteiger partial charge < -0.3 is 30.1 Å². The molecule has 2 aromatic heterocycles. The fourth-order valence-electron chi connectivity index (χ4n) is 5.52. The fraction of sp³-hybridized carbons (Fsp3) is 0.455. The van der Waals surface area contributed by atoms with Crippen LogP contribution in [0, 0.1) is 6.92 Å². The molecule has 2 aliphatic heterocycles. The highest BCUT2D eigenvalue weighted by atomic mass is 32.1. The van der Waals surface area contributed by atoms with E-state index in [-0.39, 0.29) is 17.2 Å². The summed E-state index contributed by atoms with van der Waals surface area (Å²) >= 11 is 1.36. The lowest BCUT2D eigenvalue weighted by molar-refractivity contribution is -0.144. The number of thiophene rings is 1. The first-order valence-electron chi connectivity index (χ1n) is 15.0. The largest absolute Gasteiger partial charge is 0.378 e. The van der Waals surface area contributed by atoms with E-state index in [9.17, 15) is 14.4 Å². The minimum absolute atomic E-state index is 0.113. The second-order valence-corrected chi connectivity index (χ2v) is 14.0. The topological polar surface area (TPSA) is 107 Å². The smallest absolute Gasteiger partial charge is 0.323 e. The molecule has 234 valence electrons. The van der Waals surface area contributed by atoms with Gasteiger partial charge in [0.25, 0.3) is 5.91 Å². The van der Waals surface area contributed by atoms with Gasteiger partial charge in [-0.3, -0.25) is 9.59 Å². The number of nitrogens with one attached hydrogen (secondary N) is 2. The molecule has 0 radical (unpaired) electrons. The maximum absolute atomic E-state index is 13.9. The Bertz CT molecular complexity index is 1550. The average molecular weight is 619 g/mol. The van der Waals surface area contributed by atoms with Gasteiger partial charge in [0.15, 0.2) is 0 Å². The first-order valence-corrected chi connectivity index (χ1v) is 15.8. The lowest BCUT2D eigenvalue weighted by Gasteiger charge is -2.44. The fourth-order valence-corrected chi connectivity index (χ4v) is 6.64. The van der Waals surface area contributed by atoms with Crippen LogP contribution < -0.4 is 15.5 Å². The third kappa shape index (κ3) is 6.44. The number of hydrogen-bond acceptors (Lipinski definition) is 7. The number of ether oxygens (including phenoxy) is 1. The predicted molar refractivity (Wildman–Crippen MR) is 176 cm³/mol. The van der Waals surface area contributed by atoms with Crippen LogP contribution in [0.4, 0.5) is 22.0 Å². The molecular formula is C33H42N6O4S. The number of benzene rings is 1. The molecule has 4 amide bonds. The quantitative estimate of drug-likeness (QED) is 0.386. The van der Waals surface area contributed by atoms with Crippen LogP contribution in [0.3, 0.4) is 0 Å². The molecule has 4 heterocycles. The minimum atomic E-state index is -0.997. The molecule has 0 bridgehead atoms. The summed E-state index contributed by atoms with van der Waals surface area (Å²) in [7, 11) is 1.75. The Hall–Kier alpha value is -3.96. The van der Waals surface area contributed by atoms with Crippen molar-refractivity contribution in [1.82, 2.24) is 14.8 Å². The van der Waals surface area contributed by atoms with Crippen molar-refractivity contribution in [2.45, 2.75) is 52.5 Å². The second-order valence-electron chi connectivity index (χ2n) is 13.0. The number of hydrogen-bond donors (Lipinski definition) is 2. The zero-order chi connectivity index (χ0) is 31.8. The Kier molecular flexibility index (Phi) is 8.73. The molecule has 2 N–H and O–H groups in total. The van der Waals surface area contributed by atoms with Gasteiger partial charge in [-0.15, -0.1) is 11.3 Å². The van der Waals surface area contributed by atoms with Gasteiger partial charge in [-0.05, 0) is 67.6 Å². The Morgan fingerprint density at radius 2 is 1.73 bits per heavy atom. The number of aromatic nitrogens is 1. The van der Waals surface area contributed by atoms with Gasteiger partial charge in [-0.25, -0.2) is 9.78 Å². The zero-order valence-corrected chi connectivity index (χ0v) is 27.4. The number of morpholine rings is 1. The Balaban J connectivity index is 1.35. The maximum Gasteiger partial charge on any atom is 0.323 e. The molecule has 0 atom stereocenters. The standard InChI is InChI=1S/C33H42N6O4S/c1-21-8-10-23(18-24(21)22-9-11-27(34-20-22)38-14-16-43-17-15-38)35-31(42)36-25-19-26(32(2,3)4)44-28(25)29(40)39-13-12-37(7)30(41)33(39,5)6/h8-11,18-20H,12-17H2,1-7H3,(H2,35,36,42). The summed E-state index contributed by atoms with van der Waals surface area (Å²) in [6, 6.07) is 11.2. The number of carbonyl (C=O) groups is 3. The molecule has 5 rings (SSSR count). The van der Waals surface area contributed by atoms with Crippen LogP contribution in [0.25, 0.3) is 11.1 Å². The van der Waals surface area contributed by atoms with Crippen LogP contribution in [0.5, 0.6) is 0 Å². The molecule has 10 nitrogen and oxygen atoms in total. The Morgan fingerprint density at radius 3 is 2.39 bits per heavy atom.